The van der Waals surface area contributed by atoms with Crippen LogP contribution in [0.1, 0.15) is 5.56 Å². The summed E-state index contributed by atoms with van der Waals surface area (Å²) in [6.45, 7) is 2.15. The third kappa shape index (κ3) is 1.82. The van der Waals surface area contributed by atoms with Crippen LogP contribution < -0.4 is 0 Å². The largest absolute Gasteiger partial charge is 0.309 e. The van der Waals surface area contributed by atoms with Crippen molar-refractivity contribution in [3.05, 3.63) is 90.5 Å². The Morgan fingerprint density at radius 2 is 1.42 bits per heavy atom. The van der Waals surface area contributed by atoms with Crippen molar-refractivity contribution in [2.45, 2.75) is 6.92 Å². The number of aryl methyl sites for hydroxylation is 1. The minimum atomic E-state index is 1.22. The van der Waals surface area contributed by atoms with Crippen LogP contribution in [0.15, 0.2) is 84.9 Å². The number of aromatic nitrogens is 1. The second-order valence-electron chi connectivity index (χ2n) is 6.37. The fraction of sp³-hybridized carbons (Fsp3) is 0.0435. The van der Waals surface area contributed by atoms with Crippen molar-refractivity contribution < 1.29 is 0 Å². The van der Waals surface area contributed by atoms with Crippen LogP contribution in [0.3, 0.4) is 0 Å². The third-order valence-electron chi connectivity index (χ3n) is 4.82. The minimum absolute atomic E-state index is 1.22. The van der Waals surface area contributed by atoms with Gasteiger partial charge in [-0.05, 0) is 36.1 Å². The van der Waals surface area contributed by atoms with Gasteiger partial charge in [0.2, 0.25) is 0 Å². The summed E-state index contributed by atoms with van der Waals surface area (Å²) in [5.74, 6) is 0. The zero-order chi connectivity index (χ0) is 16.1. The summed E-state index contributed by atoms with van der Waals surface area (Å²) in [4.78, 5) is 0. The third-order valence-corrected chi connectivity index (χ3v) is 4.82. The van der Waals surface area contributed by atoms with Gasteiger partial charge in [-0.2, -0.15) is 0 Å². The molecule has 0 radical (unpaired) electrons. The van der Waals surface area contributed by atoms with Crippen LogP contribution in [0.2, 0.25) is 0 Å². The molecule has 0 amide bonds. The lowest BCUT2D eigenvalue weighted by Crippen LogP contribution is -1.94. The first-order chi connectivity index (χ1) is 11.8. The number of fused-ring (bicyclic) bond motifs is 5. The van der Waals surface area contributed by atoms with Gasteiger partial charge >= 0.3 is 0 Å². The Labute approximate surface area is 140 Å². The average Bonchev–Trinajstić information content (AvgIpc) is 2.97. The number of nitrogens with zero attached hydrogens (tertiary/aromatic N) is 1. The highest BCUT2D eigenvalue weighted by Gasteiger charge is 2.14. The van der Waals surface area contributed by atoms with Crippen molar-refractivity contribution in [1.82, 2.24) is 4.57 Å². The molecule has 1 nitrogen and oxygen atoms in total. The predicted octanol–water partition coefficient (Wildman–Crippen LogP) is 6.25. The Kier molecular flexibility index (Phi) is 2.77. The van der Waals surface area contributed by atoms with Gasteiger partial charge in [-0.3, -0.25) is 0 Å². The van der Waals surface area contributed by atoms with Gasteiger partial charge in [-0.15, -0.1) is 0 Å². The maximum atomic E-state index is 2.40. The van der Waals surface area contributed by atoms with E-state index in [1.807, 2.05) is 0 Å². The van der Waals surface area contributed by atoms with Gasteiger partial charge in [0.1, 0.15) is 0 Å². The molecule has 1 aromatic heterocycles. The molecule has 0 aliphatic rings. The summed E-state index contributed by atoms with van der Waals surface area (Å²) in [5, 5.41) is 5.19. The summed E-state index contributed by atoms with van der Waals surface area (Å²) in [6.07, 6.45) is 0. The van der Waals surface area contributed by atoms with E-state index in [0.717, 1.165) is 0 Å². The smallest absolute Gasteiger partial charge is 0.0619 e. The number of para-hydroxylation sites is 1. The molecule has 0 saturated carbocycles. The normalized spacial score (nSPS) is 11.5. The first-order valence-electron chi connectivity index (χ1n) is 8.31. The second-order valence-corrected chi connectivity index (χ2v) is 6.37. The monoisotopic (exact) mass is 307 g/mol. The molecule has 0 fully saturated rings. The molecule has 0 atom stereocenters. The molecule has 4 aromatic carbocycles. The maximum Gasteiger partial charge on any atom is 0.0619 e. The zero-order valence-electron chi connectivity index (χ0n) is 13.5. The van der Waals surface area contributed by atoms with Gasteiger partial charge in [0.05, 0.1) is 11.0 Å². The van der Waals surface area contributed by atoms with E-state index in [1.54, 1.807) is 0 Å². The van der Waals surface area contributed by atoms with Gasteiger partial charge in [-0.25, -0.2) is 0 Å². The first kappa shape index (κ1) is 13.4. The van der Waals surface area contributed by atoms with Gasteiger partial charge in [0, 0.05) is 21.8 Å². The SMILES string of the molecule is Cc1cccc(-n2c3ccccc3c3ccc4ccccc4c32)c1. The molecule has 0 spiro atoms. The van der Waals surface area contributed by atoms with Crippen molar-refractivity contribution in [2.75, 3.05) is 0 Å². The highest BCUT2D eigenvalue weighted by molar-refractivity contribution is 6.18. The van der Waals surface area contributed by atoms with E-state index in [4.69, 9.17) is 0 Å². The molecule has 24 heavy (non-hydrogen) atoms. The van der Waals surface area contributed by atoms with Crippen LogP contribution >= 0.6 is 0 Å². The summed E-state index contributed by atoms with van der Waals surface area (Å²) in [6, 6.07) is 30.5. The quantitative estimate of drug-likeness (QED) is 0.345. The van der Waals surface area contributed by atoms with Gasteiger partial charge in [-0.1, -0.05) is 66.7 Å². The molecule has 1 heterocycles. The molecule has 1 heteroatoms. The van der Waals surface area contributed by atoms with Crippen LogP contribution in [0, 0.1) is 6.92 Å². The molecule has 0 saturated heterocycles. The van der Waals surface area contributed by atoms with Crippen molar-refractivity contribution in [2.24, 2.45) is 0 Å². The lowest BCUT2D eigenvalue weighted by molar-refractivity contribution is 1.18. The van der Waals surface area contributed by atoms with Gasteiger partial charge < -0.3 is 4.57 Å². The lowest BCUT2D eigenvalue weighted by atomic mass is 10.1. The fourth-order valence-electron chi connectivity index (χ4n) is 3.77. The van der Waals surface area contributed by atoms with Gasteiger partial charge in [0.25, 0.3) is 0 Å². The van der Waals surface area contributed by atoms with E-state index in [0.29, 0.717) is 0 Å². The summed E-state index contributed by atoms with van der Waals surface area (Å²) < 4.78 is 2.40. The van der Waals surface area contributed by atoms with E-state index in [-0.39, 0.29) is 0 Å². The number of hydrogen-bond acceptors (Lipinski definition) is 0. The van der Waals surface area contributed by atoms with E-state index in [9.17, 15) is 0 Å². The van der Waals surface area contributed by atoms with Crippen LogP contribution in [-0.4, -0.2) is 4.57 Å². The maximum absolute atomic E-state index is 2.40. The Morgan fingerprint density at radius 3 is 2.29 bits per heavy atom. The highest BCUT2D eigenvalue weighted by atomic mass is 15.0. The molecule has 114 valence electrons. The Bertz CT molecular complexity index is 1210. The molecule has 5 aromatic rings. The van der Waals surface area contributed by atoms with Crippen molar-refractivity contribution in [1.29, 1.82) is 0 Å². The van der Waals surface area contributed by atoms with E-state index >= 15 is 0 Å². The molecule has 0 bridgehead atoms. The topological polar surface area (TPSA) is 4.93 Å². The Balaban J connectivity index is 2.08. The summed E-state index contributed by atoms with van der Waals surface area (Å²) in [5.41, 5.74) is 5.05. The molecule has 0 unspecified atom stereocenters. The first-order valence-corrected chi connectivity index (χ1v) is 8.31. The van der Waals surface area contributed by atoms with Gasteiger partial charge in [0.15, 0.2) is 0 Å². The van der Waals surface area contributed by atoms with Crippen LogP contribution in [0.4, 0.5) is 0 Å². The van der Waals surface area contributed by atoms with Crippen LogP contribution in [0.5, 0.6) is 0 Å². The highest BCUT2D eigenvalue weighted by Crippen LogP contribution is 2.36. The van der Waals surface area contributed by atoms with Crippen LogP contribution in [-0.2, 0) is 0 Å². The average molecular weight is 307 g/mol. The molecule has 0 aliphatic carbocycles. The summed E-state index contributed by atoms with van der Waals surface area (Å²) in [7, 11) is 0. The van der Waals surface area contributed by atoms with E-state index < -0.39 is 0 Å². The summed E-state index contributed by atoms with van der Waals surface area (Å²) >= 11 is 0. The number of hydrogen-bond donors (Lipinski definition) is 0. The van der Waals surface area contributed by atoms with Crippen molar-refractivity contribution in [3.63, 3.8) is 0 Å². The Morgan fingerprint density at radius 1 is 0.625 bits per heavy atom. The predicted molar refractivity (Wildman–Crippen MR) is 103 cm³/mol. The van der Waals surface area contributed by atoms with Crippen LogP contribution in [0.25, 0.3) is 38.3 Å². The molecule has 5 rings (SSSR count). The van der Waals surface area contributed by atoms with E-state index in [2.05, 4.69) is 96.4 Å². The minimum Gasteiger partial charge on any atom is -0.309 e. The molecule has 0 aliphatic heterocycles. The second kappa shape index (κ2) is 4.97. The number of benzene rings is 4. The molecule has 0 N–H and O–H groups in total. The Hall–Kier alpha value is -3.06. The fourth-order valence-corrected chi connectivity index (χ4v) is 3.77. The standard InChI is InChI=1S/C23H17N/c1-16-7-6-9-18(15-16)24-22-12-5-4-11-20(22)21-14-13-17-8-2-3-10-19(17)23(21)24/h2-15H,1H3. The molecular weight excluding hydrogens is 290 g/mol. The van der Waals surface area contributed by atoms with Crippen molar-refractivity contribution in [3.8, 4) is 5.69 Å². The van der Waals surface area contributed by atoms with E-state index in [1.165, 1.54) is 43.8 Å². The lowest BCUT2D eigenvalue weighted by Gasteiger charge is -2.10. The molecular formula is C23H17N. The number of rotatable bonds is 1. The van der Waals surface area contributed by atoms with Crippen molar-refractivity contribution >= 4 is 32.6 Å². The zero-order valence-corrected chi connectivity index (χ0v) is 13.5.